The Hall–Kier alpha value is -1.79. The van der Waals surface area contributed by atoms with Gasteiger partial charge in [0.15, 0.2) is 0 Å². The van der Waals surface area contributed by atoms with Crippen molar-refractivity contribution in [3.05, 3.63) is 33.8 Å². The van der Waals surface area contributed by atoms with Crippen LogP contribution in [0.4, 0.5) is 9.59 Å². The predicted octanol–water partition coefficient (Wildman–Crippen LogP) is 4.19. The molecule has 0 radical (unpaired) electrons. The number of halogens is 2. The molecule has 10 nitrogen and oxygen atoms in total. The van der Waals surface area contributed by atoms with E-state index in [4.69, 9.17) is 32.7 Å². The Kier molecular flexibility index (Phi) is 8.74. The Balaban J connectivity index is 2.46. The molecule has 192 valence electrons. The highest BCUT2D eigenvalue weighted by molar-refractivity contribution is 7.88. The molecule has 13 heteroatoms. The lowest BCUT2D eigenvalue weighted by molar-refractivity contribution is -0.0683. The van der Waals surface area contributed by atoms with Gasteiger partial charge in [0.05, 0.1) is 28.7 Å². The second-order valence-electron chi connectivity index (χ2n) is 10.1. The number of carbonyl (C=O) groups is 2. The summed E-state index contributed by atoms with van der Waals surface area (Å²) in [6.07, 6.45) is -3.95. The second kappa shape index (κ2) is 10.4. The molecule has 1 unspecified atom stereocenters. The van der Waals surface area contributed by atoms with Crippen molar-refractivity contribution in [3.8, 4) is 0 Å². The first-order valence-corrected chi connectivity index (χ1v) is 12.7. The van der Waals surface area contributed by atoms with E-state index < -0.39 is 51.7 Å². The summed E-state index contributed by atoms with van der Waals surface area (Å²) in [7, 11) is -4.46. The van der Waals surface area contributed by atoms with Crippen molar-refractivity contribution in [2.45, 2.75) is 65.4 Å². The maximum absolute atomic E-state index is 12.8. The average Bonchev–Trinajstić information content (AvgIpc) is 2.81. The first-order valence-electron chi connectivity index (χ1n) is 10.5. The smallest absolute Gasteiger partial charge is 0.422 e. The van der Waals surface area contributed by atoms with Gasteiger partial charge in [0.1, 0.15) is 11.7 Å². The van der Waals surface area contributed by atoms with Crippen molar-refractivity contribution in [2.75, 3.05) is 13.1 Å². The number of amides is 2. The summed E-state index contributed by atoms with van der Waals surface area (Å²) in [5.74, 6) is 0. The Morgan fingerprint density at radius 1 is 1.12 bits per heavy atom. The van der Waals surface area contributed by atoms with E-state index in [1.54, 1.807) is 37.6 Å². The van der Waals surface area contributed by atoms with Crippen LogP contribution in [0.2, 0.25) is 10.0 Å². The second-order valence-corrected chi connectivity index (χ2v) is 12.4. The van der Waals surface area contributed by atoms with Crippen LogP contribution in [-0.4, -0.2) is 61.4 Å². The minimum Gasteiger partial charge on any atom is -0.465 e. The number of nitrogens with zero attached hydrogens (tertiary/aromatic N) is 1. The number of rotatable bonds is 4. The molecule has 1 aromatic rings. The van der Waals surface area contributed by atoms with Crippen molar-refractivity contribution in [1.29, 1.82) is 0 Å². The van der Waals surface area contributed by atoms with Crippen molar-refractivity contribution in [3.63, 3.8) is 0 Å². The molecule has 1 aliphatic rings. The third-order valence-corrected chi connectivity index (χ3v) is 6.70. The van der Waals surface area contributed by atoms with E-state index in [9.17, 15) is 23.1 Å². The highest BCUT2D eigenvalue weighted by Gasteiger charge is 2.41. The van der Waals surface area contributed by atoms with Gasteiger partial charge >= 0.3 is 22.4 Å². The largest absolute Gasteiger partial charge is 0.465 e. The highest BCUT2D eigenvalue weighted by atomic mass is 35.5. The van der Waals surface area contributed by atoms with Crippen LogP contribution in [0, 0.1) is 5.41 Å². The van der Waals surface area contributed by atoms with Crippen LogP contribution in [0.3, 0.4) is 0 Å². The molecule has 0 saturated carbocycles. The van der Waals surface area contributed by atoms with E-state index in [0.29, 0.717) is 10.6 Å². The first kappa shape index (κ1) is 28.4. The highest BCUT2D eigenvalue weighted by Crippen LogP contribution is 2.36. The fourth-order valence-corrected chi connectivity index (χ4v) is 4.52. The minimum atomic E-state index is -4.46. The summed E-state index contributed by atoms with van der Waals surface area (Å²) in [6, 6.07) is 3.59. The van der Waals surface area contributed by atoms with Gasteiger partial charge in [-0.3, -0.25) is 0 Å². The Labute approximate surface area is 210 Å². The molecule has 3 N–H and O–H groups in total. The summed E-state index contributed by atoms with van der Waals surface area (Å²) in [4.78, 5) is 25.1. The van der Waals surface area contributed by atoms with Crippen LogP contribution in [0.1, 0.15) is 53.2 Å². The third kappa shape index (κ3) is 8.16. The number of carboxylic acid groups (broad SMARTS) is 1. The van der Waals surface area contributed by atoms with Crippen molar-refractivity contribution in [1.82, 2.24) is 14.3 Å². The maximum atomic E-state index is 12.8. The van der Waals surface area contributed by atoms with E-state index in [-0.39, 0.29) is 18.1 Å². The Bertz CT molecular complexity index is 1020. The summed E-state index contributed by atoms with van der Waals surface area (Å²) in [6.45, 7) is 10.2. The zero-order valence-corrected chi connectivity index (χ0v) is 22.2. The van der Waals surface area contributed by atoms with Crippen LogP contribution in [0.5, 0.6) is 0 Å². The van der Waals surface area contributed by atoms with Gasteiger partial charge in [0.2, 0.25) is 0 Å². The van der Waals surface area contributed by atoms with E-state index in [2.05, 4.69) is 4.72 Å². The van der Waals surface area contributed by atoms with Gasteiger partial charge in [-0.1, -0.05) is 50.0 Å². The molecule has 1 aliphatic heterocycles. The number of benzene rings is 1. The normalized spacial score (nSPS) is 22.1. The number of nitrogens with one attached hydrogen (secondary N) is 2. The molecule has 1 heterocycles. The Morgan fingerprint density at radius 2 is 1.74 bits per heavy atom. The zero-order valence-electron chi connectivity index (χ0n) is 19.9. The topological polar surface area (TPSA) is 134 Å². The predicted molar refractivity (Wildman–Crippen MR) is 128 cm³/mol. The van der Waals surface area contributed by atoms with Crippen LogP contribution in [0.25, 0.3) is 0 Å². The van der Waals surface area contributed by atoms with Crippen LogP contribution in [-0.2, 0) is 19.7 Å². The zero-order chi connectivity index (χ0) is 26.1. The summed E-state index contributed by atoms with van der Waals surface area (Å²) in [5, 5.41) is 10.3. The summed E-state index contributed by atoms with van der Waals surface area (Å²) < 4.78 is 41.0. The number of ether oxygens (including phenoxy) is 2. The SMILES string of the molecule is CC(C)(C)OC(=O)NS(=O)(=O)N[C@@H]1CN(C(=O)O)CC(C(C)(C)C)O[C@H]1c1ccc(Cl)c(Cl)c1. The molecule has 1 saturated heterocycles. The van der Waals surface area contributed by atoms with Gasteiger partial charge in [-0.05, 0) is 43.9 Å². The number of hydrogen-bond donors (Lipinski definition) is 3. The summed E-state index contributed by atoms with van der Waals surface area (Å²) in [5.41, 5.74) is -0.917. The van der Waals surface area contributed by atoms with Gasteiger partial charge < -0.3 is 19.5 Å². The van der Waals surface area contributed by atoms with E-state index in [1.165, 1.54) is 6.07 Å². The summed E-state index contributed by atoms with van der Waals surface area (Å²) >= 11 is 12.2. The van der Waals surface area contributed by atoms with Crippen molar-refractivity contribution in [2.24, 2.45) is 5.41 Å². The molecule has 0 aromatic heterocycles. The monoisotopic (exact) mass is 539 g/mol. The average molecular weight is 540 g/mol. The molecule has 2 amide bonds. The lowest BCUT2D eigenvalue weighted by Gasteiger charge is -2.34. The van der Waals surface area contributed by atoms with Crippen LogP contribution < -0.4 is 9.44 Å². The standard InChI is InChI=1S/C21H31Cl2N3O7S/c1-20(2,3)16-11-26(19(28)29)10-15(17(32-16)12-7-8-13(22)14(23)9-12)24-34(30,31)25-18(27)33-21(4,5)6/h7-9,15-17,24H,10-11H2,1-6H3,(H,25,27)(H,28,29)/t15-,16?,17+/m1/s1. The van der Waals surface area contributed by atoms with Crippen molar-refractivity contribution < 1.29 is 32.6 Å². The van der Waals surface area contributed by atoms with Gasteiger partial charge in [0.25, 0.3) is 0 Å². The lowest BCUT2D eigenvalue weighted by Crippen LogP contribution is -2.52. The molecule has 0 aliphatic carbocycles. The van der Waals surface area contributed by atoms with Gasteiger partial charge in [0, 0.05) is 6.54 Å². The molecular formula is C21H31Cl2N3O7S. The third-order valence-electron chi connectivity index (χ3n) is 4.91. The molecule has 2 rings (SSSR count). The van der Waals surface area contributed by atoms with Crippen LogP contribution >= 0.6 is 23.2 Å². The van der Waals surface area contributed by atoms with Crippen molar-refractivity contribution >= 4 is 45.6 Å². The van der Waals surface area contributed by atoms with Gasteiger partial charge in [-0.15, -0.1) is 0 Å². The van der Waals surface area contributed by atoms with Crippen LogP contribution in [0.15, 0.2) is 18.2 Å². The fourth-order valence-electron chi connectivity index (χ4n) is 3.29. The van der Waals surface area contributed by atoms with Gasteiger partial charge in [-0.25, -0.2) is 14.3 Å². The van der Waals surface area contributed by atoms with Gasteiger partial charge in [-0.2, -0.15) is 13.1 Å². The Morgan fingerprint density at radius 3 is 2.24 bits per heavy atom. The minimum absolute atomic E-state index is 0.00831. The molecule has 0 spiro atoms. The molecule has 1 aromatic carbocycles. The van der Waals surface area contributed by atoms with E-state index in [1.807, 2.05) is 20.8 Å². The molecular weight excluding hydrogens is 509 g/mol. The fraction of sp³-hybridized carbons (Fsp3) is 0.619. The quantitative estimate of drug-likeness (QED) is 0.522. The van der Waals surface area contributed by atoms with E-state index >= 15 is 0 Å². The van der Waals surface area contributed by atoms with E-state index in [0.717, 1.165) is 4.90 Å². The molecule has 3 atom stereocenters. The lowest BCUT2D eigenvalue weighted by atomic mass is 9.88. The first-order chi connectivity index (χ1) is 15.4. The maximum Gasteiger partial charge on any atom is 0.422 e. The number of hydrogen-bond acceptors (Lipinski definition) is 6. The number of carbonyl (C=O) groups excluding carboxylic acids is 1. The molecule has 1 fully saturated rings. The molecule has 0 bridgehead atoms. The molecule has 34 heavy (non-hydrogen) atoms.